The van der Waals surface area contributed by atoms with Gasteiger partial charge in [0.15, 0.2) is 0 Å². The Hall–Kier alpha value is 3.14. The van der Waals surface area contributed by atoms with E-state index in [1.54, 1.807) is 20.8 Å². The summed E-state index contributed by atoms with van der Waals surface area (Å²) in [6.45, 7) is 27.4. The van der Waals surface area contributed by atoms with Crippen molar-refractivity contribution in [3.05, 3.63) is 38.5 Å². The van der Waals surface area contributed by atoms with E-state index in [9.17, 15) is 17.1 Å². The van der Waals surface area contributed by atoms with Crippen LogP contribution in [0.25, 0.3) is 0 Å². The summed E-state index contributed by atoms with van der Waals surface area (Å²) in [5, 5.41) is 0. The van der Waals surface area contributed by atoms with E-state index in [2.05, 4.69) is 88.0 Å². The Morgan fingerprint density at radius 2 is 0.714 bits per heavy atom. The van der Waals surface area contributed by atoms with E-state index in [-0.39, 0.29) is 143 Å². The number of carbonyl (C=O) groups excluding carboxylic acids is 3. The van der Waals surface area contributed by atoms with Crippen LogP contribution in [0.1, 0.15) is 281 Å². The fraction of sp³-hybridized carbons (Fsp3) is 0.880. The van der Waals surface area contributed by atoms with Crippen molar-refractivity contribution < 1.29 is 146 Å². The fourth-order valence-corrected chi connectivity index (χ4v) is 23.7. The van der Waals surface area contributed by atoms with Crippen LogP contribution >= 0.6 is 0 Å². The summed E-state index contributed by atoms with van der Waals surface area (Å²) in [5.74, 6) is 9.77. The van der Waals surface area contributed by atoms with Crippen LogP contribution in [-0.4, -0.2) is 17.3 Å². The smallest absolute Gasteiger partial charge is 0.129 e. The molecule has 12 fully saturated rings. The summed E-state index contributed by atoms with van der Waals surface area (Å²) >= 11 is 0. The van der Waals surface area contributed by atoms with Gasteiger partial charge >= 0.3 is 0 Å². The third kappa shape index (κ3) is 15.4. The minimum Gasteiger partial charge on any atom is -0.328 e. The normalized spacial score (nSPS) is 48.4. The maximum Gasteiger partial charge on any atom is 0.129 e. The Morgan fingerprint density at radius 3 is 1.13 bits per heavy atom. The second-order valence-corrected chi connectivity index (χ2v) is 32.3. The molecule has 84 heavy (non-hydrogen) atoms. The average Bonchev–Trinajstić information content (AvgIpc) is 1.27. The van der Waals surface area contributed by atoms with Gasteiger partial charge in [0.2, 0.25) is 0 Å². The molecule has 12 aliphatic rings. The number of hydrogen-bond donors (Lipinski definition) is 0. The predicted molar refractivity (Wildman–Crippen MR) is 325 cm³/mol. The first-order chi connectivity index (χ1) is 38.6. The molecule has 9 unspecified atom stereocenters. The molecule has 12 rings (SSSR count). The number of Topliss-reactive ketones (excluding diaryl/α,β-unsaturated/α-hetero) is 3. The molecule has 9 heteroatoms. The quantitative estimate of drug-likeness (QED) is 0.183. The molecule has 0 amide bonds. The zero-order valence-corrected chi connectivity index (χ0v) is 72.5. The van der Waals surface area contributed by atoms with E-state index < -0.39 is 5.89 Å². The Morgan fingerprint density at radius 1 is 0.405 bits per heavy atom. The number of carbonyl (C=O) groups is 3. The molecule has 0 saturated heterocycles. The molecule has 12 saturated carbocycles. The van der Waals surface area contributed by atoms with Crippen LogP contribution in [0.4, 0.5) is 0 Å². The van der Waals surface area contributed by atoms with Crippen LogP contribution in [0.2, 0.25) is 0 Å². The SMILES string of the molecule is [2H][C-]1C[C@@H]2C[CH-]CC[C@]2(C)C2CC[C@@]3(C)C(CC[C@@H]3C(C)CCC(C)=O)[C@H]12.[2H][C-]1C[C@@H]2C[CH-]CC[C@]2(C)C2CC[C@@]3(C)C(CC[C@@H]3C(C)CCC(C)=O)[C@]12[2H].[2H][C@@]12[CH-]C[C@@H]3C[CH-]CC[C@]3(C)C1CC[C@@]1(C)C2CC[C@@H]1C(C)CCC(C)=O.[W].[W].[W].[W].[W].[W]. The van der Waals surface area contributed by atoms with Crippen molar-refractivity contribution in [1.82, 2.24) is 0 Å². The minimum atomic E-state index is -0.648. The standard InChI is InChI=1S/3C25H40O.6W/c3*1-17(8-9-18(2)26)21-12-13-22-20-11-10-19-7-5-6-15-24(19,3)23(20)14-16-25(21,22)4;;;;;;/h3*5,11,17,19-23H,6-10,12-16H2,1-4H3;;;;;;/q3*-2;;;;;;/t3*17?,19-,20-,21+,22?,23?,24-,25+;;;;;;/m000....../s1/i11D,20D;20D;11D;;;;;;. The number of hydrogen-bond acceptors (Lipinski definition) is 3. The molecule has 24 atom stereocenters. The summed E-state index contributed by atoms with van der Waals surface area (Å²) in [6, 6.07) is 0. The maximum absolute atomic E-state index is 11.5. The Balaban J connectivity index is 0.000000273. The molecular weight excluding hydrogens is 2050 g/mol. The Kier molecular flexibility index (Phi) is 28.4. The van der Waals surface area contributed by atoms with Gasteiger partial charge in [-0.1, -0.05) is 173 Å². The maximum atomic E-state index is 11.5. The van der Waals surface area contributed by atoms with Gasteiger partial charge in [-0.3, -0.25) is 0 Å². The van der Waals surface area contributed by atoms with Crippen LogP contribution in [0, 0.1) is 177 Å². The van der Waals surface area contributed by atoms with Gasteiger partial charge in [-0.15, -0.1) is 0 Å². The Bertz CT molecular complexity index is 2300. The van der Waals surface area contributed by atoms with Gasteiger partial charge in [-0.05, 0) is 149 Å². The van der Waals surface area contributed by atoms with Crippen molar-refractivity contribution in [3.8, 4) is 0 Å². The summed E-state index contributed by atoms with van der Waals surface area (Å²) in [4.78, 5) is 34.5. The first kappa shape index (κ1) is 73.0. The molecule has 12 aliphatic carbocycles. The summed E-state index contributed by atoms with van der Waals surface area (Å²) in [5.41, 5.74) is 1.97. The molecule has 0 spiro atoms. The van der Waals surface area contributed by atoms with Crippen molar-refractivity contribution >= 4 is 17.3 Å². The summed E-state index contributed by atoms with van der Waals surface area (Å²) in [6.07, 6.45) is 46.4. The molecule has 0 radical (unpaired) electrons. The molecule has 0 bridgehead atoms. The first-order valence-electron chi connectivity index (χ1n) is 36.1. The molecule has 3 nitrogen and oxygen atoms in total. The van der Waals surface area contributed by atoms with Crippen LogP contribution in [0.15, 0.2) is 0 Å². The van der Waals surface area contributed by atoms with Crippen LogP contribution < -0.4 is 0 Å². The van der Waals surface area contributed by atoms with E-state index in [0.717, 1.165) is 113 Å². The van der Waals surface area contributed by atoms with Crippen molar-refractivity contribution in [2.45, 2.75) is 276 Å². The molecule has 0 N–H and O–H groups in total. The average molecular weight is 2180 g/mol. The predicted octanol–water partition coefficient (Wildman–Crippen LogP) is 20.0. The monoisotopic (exact) mass is 2180 g/mol. The van der Waals surface area contributed by atoms with E-state index in [1.807, 2.05) is 0 Å². The van der Waals surface area contributed by atoms with E-state index in [4.69, 9.17) is 2.74 Å². The molecule has 0 aromatic carbocycles. The van der Waals surface area contributed by atoms with Crippen molar-refractivity contribution in [3.63, 3.8) is 0 Å². The topological polar surface area (TPSA) is 51.2 Å². The first-order valence-corrected chi connectivity index (χ1v) is 34.1. The zero-order valence-electron chi connectivity index (χ0n) is 58.9. The van der Waals surface area contributed by atoms with Crippen LogP contribution in [0.3, 0.4) is 0 Å². The van der Waals surface area contributed by atoms with Crippen LogP contribution in [0.5, 0.6) is 0 Å². The van der Waals surface area contributed by atoms with Gasteiger partial charge in [-0.2, -0.15) is 75.5 Å². The zero-order chi connectivity index (χ0) is 59.2. The van der Waals surface area contributed by atoms with Crippen molar-refractivity contribution in [2.24, 2.45) is 139 Å². The van der Waals surface area contributed by atoms with E-state index in [0.29, 0.717) is 111 Å². The van der Waals surface area contributed by atoms with Gasteiger partial charge in [0, 0.05) is 146 Å². The summed E-state index contributed by atoms with van der Waals surface area (Å²) in [7, 11) is 0. The van der Waals surface area contributed by atoms with Crippen molar-refractivity contribution in [1.29, 1.82) is 0 Å². The second kappa shape index (κ2) is 32.7. The number of ketones is 3. The molecule has 0 aromatic heterocycles. The summed E-state index contributed by atoms with van der Waals surface area (Å²) < 4.78 is 37.6. The molecule has 480 valence electrons. The van der Waals surface area contributed by atoms with E-state index in [1.165, 1.54) is 116 Å². The van der Waals surface area contributed by atoms with Crippen LogP contribution in [-0.2, 0) is 141 Å². The van der Waals surface area contributed by atoms with E-state index >= 15 is 0 Å². The van der Waals surface area contributed by atoms with Gasteiger partial charge in [0.25, 0.3) is 0 Å². The molecule has 0 heterocycles. The fourth-order valence-electron chi connectivity index (χ4n) is 23.7. The third-order valence-corrected chi connectivity index (χ3v) is 28.6. The molecule has 0 aliphatic heterocycles. The third-order valence-electron chi connectivity index (χ3n) is 28.6. The largest absolute Gasteiger partial charge is 0.328 e. The van der Waals surface area contributed by atoms with Gasteiger partial charge in [-0.25, -0.2) is 2.74 Å². The van der Waals surface area contributed by atoms with Gasteiger partial charge < -0.3 is 52.9 Å². The van der Waals surface area contributed by atoms with Crippen molar-refractivity contribution in [2.75, 3.05) is 0 Å². The molecular formula is C75H120O3W6-6. The van der Waals surface area contributed by atoms with Gasteiger partial charge in [0.1, 0.15) is 17.3 Å². The van der Waals surface area contributed by atoms with Gasteiger partial charge in [0.05, 0.1) is 0 Å². The Labute approximate surface area is 610 Å². The number of rotatable bonds is 12. The number of fused-ring (bicyclic) bond motifs is 15. The molecule has 0 aromatic rings. The second-order valence-electron chi connectivity index (χ2n) is 32.3. The minimum absolute atomic E-state index is 0.